The van der Waals surface area contributed by atoms with Crippen molar-refractivity contribution in [2.75, 3.05) is 0 Å². The van der Waals surface area contributed by atoms with E-state index in [9.17, 15) is 0 Å². The monoisotopic (exact) mass is 426 g/mol. The summed E-state index contributed by atoms with van der Waals surface area (Å²) in [5.41, 5.74) is 0.597. The van der Waals surface area contributed by atoms with Gasteiger partial charge < -0.3 is 0 Å². The molecule has 134 valence electrons. The van der Waals surface area contributed by atoms with Gasteiger partial charge in [-0.3, -0.25) is 0 Å². The summed E-state index contributed by atoms with van der Waals surface area (Å²) in [5.74, 6) is 0.957. The van der Waals surface area contributed by atoms with Gasteiger partial charge in [0.05, 0.1) is 0 Å². The van der Waals surface area contributed by atoms with Crippen molar-refractivity contribution in [3.8, 4) is 5.75 Å². The van der Waals surface area contributed by atoms with Crippen LogP contribution in [0.1, 0.15) is 25.7 Å². The zero-order chi connectivity index (χ0) is 17.8. The molecule has 3 aromatic rings. The van der Waals surface area contributed by atoms with Crippen molar-refractivity contribution >= 4 is 34.0 Å². The molecule has 1 aliphatic carbocycles. The quantitative estimate of drug-likeness (QED) is 0.448. The summed E-state index contributed by atoms with van der Waals surface area (Å²) in [7, 11) is -2.42. The first-order valence-electron chi connectivity index (χ1n) is 9.35. The number of benzene rings is 3. The molecule has 0 aromatic heterocycles. The summed E-state index contributed by atoms with van der Waals surface area (Å²) in [6.07, 6.45) is 5.11. The molecule has 4 rings (SSSR count). The van der Waals surface area contributed by atoms with Gasteiger partial charge in [0, 0.05) is 0 Å². The van der Waals surface area contributed by atoms with Crippen LogP contribution in [-0.4, -0.2) is 5.66 Å². The molecule has 3 heteroatoms. The van der Waals surface area contributed by atoms with E-state index >= 15 is 0 Å². The molecule has 1 nitrogen and oxygen atoms in total. The number of hydrogen-bond acceptors (Lipinski definition) is 1. The topological polar surface area (TPSA) is 9.23 Å². The van der Waals surface area contributed by atoms with E-state index in [1.807, 2.05) is 6.07 Å². The summed E-state index contributed by atoms with van der Waals surface area (Å²) in [4.78, 5) is 0. The zero-order valence-electron chi connectivity index (χ0n) is 14.8. The van der Waals surface area contributed by atoms with E-state index in [-0.39, 0.29) is 0 Å². The number of para-hydroxylation sites is 1. The number of halogens is 1. The van der Waals surface area contributed by atoms with Crippen molar-refractivity contribution in [3.05, 3.63) is 89.4 Å². The Morgan fingerprint density at radius 1 is 0.692 bits per heavy atom. The third kappa shape index (κ3) is 3.33. The van der Waals surface area contributed by atoms with E-state index in [1.165, 1.54) is 36.3 Å². The van der Waals surface area contributed by atoms with E-state index in [4.69, 9.17) is 4.52 Å². The fourth-order valence-corrected chi connectivity index (χ4v) is 9.56. The van der Waals surface area contributed by atoms with E-state index in [0.717, 1.165) is 10.2 Å². The molecule has 1 fully saturated rings. The fourth-order valence-electron chi connectivity index (χ4n) is 4.24. The van der Waals surface area contributed by atoms with Crippen LogP contribution < -0.4 is 15.1 Å². The van der Waals surface area contributed by atoms with Gasteiger partial charge in [-0.1, -0.05) is 0 Å². The second-order valence-corrected chi connectivity index (χ2v) is 11.5. The van der Waals surface area contributed by atoms with Crippen LogP contribution in [0, 0.1) is 0 Å². The van der Waals surface area contributed by atoms with Gasteiger partial charge in [-0.2, -0.15) is 0 Å². The molecule has 0 heterocycles. The van der Waals surface area contributed by atoms with Gasteiger partial charge in [-0.15, -0.1) is 0 Å². The third-order valence-corrected chi connectivity index (χ3v) is 10.7. The number of rotatable bonds is 5. The molecule has 3 aromatic carbocycles. The van der Waals surface area contributed by atoms with Gasteiger partial charge in [0.1, 0.15) is 0 Å². The van der Waals surface area contributed by atoms with Gasteiger partial charge >= 0.3 is 165 Å². The molecule has 0 amide bonds. The molecule has 26 heavy (non-hydrogen) atoms. The van der Waals surface area contributed by atoms with Crippen molar-refractivity contribution in [1.82, 2.24) is 0 Å². The van der Waals surface area contributed by atoms with Crippen molar-refractivity contribution < 1.29 is 4.52 Å². The summed E-state index contributed by atoms with van der Waals surface area (Å²) < 4.78 is 8.11. The van der Waals surface area contributed by atoms with E-state index in [0.29, 0.717) is 5.66 Å². The standard InChI is InChI=1S/C23H24BrOP/c24-22-17-9-10-18-23(22)25-26(21-15-7-8-16-21,19-11-3-1-4-12-19)20-13-5-2-6-14-20/h1-6,9-14,17-18,21,26H,7-8,15-16H2. The van der Waals surface area contributed by atoms with Gasteiger partial charge in [0.15, 0.2) is 0 Å². The molecule has 1 aliphatic rings. The predicted octanol–water partition coefficient (Wildman–Crippen LogP) is 6.09. The Morgan fingerprint density at radius 3 is 1.73 bits per heavy atom. The molecule has 0 unspecified atom stereocenters. The van der Waals surface area contributed by atoms with Crippen LogP contribution in [0.15, 0.2) is 89.4 Å². The molecule has 0 atom stereocenters. The molecule has 0 saturated heterocycles. The summed E-state index contributed by atoms with van der Waals surface area (Å²) in [6, 6.07) is 30.1. The minimum absolute atomic E-state index is 0.597. The molecule has 0 bridgehead atoms. The summed E-state index contributed by atoms with van der Waals surface area (Å²) in [5, 5.41) is 2.74. The van der Waals surface area contributed by atoms with Crippen molar-refractivity contribution in [2.24, 2.45) is 0 Å². The molecule has 0 spiro atoms. The van der Waals surface area contributed by atoms with E-state index in [2.05, 4.69) is 94.8 Å². The Morgan fingerprint density at radius 2 is 1.19 bits per heavy atom. The normalized spacial score (nSPS) is 15.7. The van der Waals surface area contributed by atoms with Crippen LogP contribution in [0.2, 0.25) is 0 Å². The molecule has 0 aliphatic heterocycles. The van der Waals surface area contributed by atoms with Crippen LogP contribution in [-0.2, 0) is 0 Å². The van der Waals surface area contributed by atoms with Crippen LogP contribution in [0.25, 0.3) is 0 Å². The molecule has 1 saturated carbocycles. The van der Waals surface area contributed by atoms with Gasteiger partial charge in [0.2, 0.25) is 0 Å². The number of hydrogen-bond donors (Lipinski definition) is 0. The minimum atomic E-state index is -2.42. The Kier molecular flexibility index (Phi) is 5.43. The van der Waals surface area contributed by atoms with Gasteiger partial charge in [-0.05, 0) is 0 Å². The summed E-state index contributed by atoms with van der Waals surface area (Å²) >= 11 is 3.70. The van der Waals surface area contributed by atoms with Gasteiger partial charge in [-0.25, -0.2) is 0 Å². The second-order valence-electron chi connectivity index (χ2n) is 6.98. The Balaban J connectivity index is 1.93. The van der Waals surface area contributed by atoms with E-state index < -0.39 is 7.49 Å². The Hall–Kier alpha value is -1.63. The molecular weight excluding hydrogens is 403 g/mol. The Labute approximate surface area is 165 Å². The van der Waals surface area contributed by atoms with Crippen molar-refractivity contribution in [3.63, 3.8) is 0 Å². The summed E-state index contributed by atoms with van der Waals surface area (Å²) in [6.45, 7) is 0. The first-order chi connectivity index (χ1) is 12.8. The molecule has 0 N–H and O–H groups in total. The van der Waals surface area contributed by atoms with Crippen molar-refractivity contribution in [2.45, 2.75) is 31.3 Å². The van der Waals surface area contributed by atoms with Crippen LogP contribution >= 0.6 is 23.4 Å². The van der Waals surface area contributed by atoms with Crippen LogP contribution in [0.5, 0.6) is 5.75 Å². The maximum atomic E-state index is 7.08. The average molecular weight is 427 g/mol. The van der Waals surface area contributed by atoms with E-state index in [1.54, 1.807) is 0 Å². The molecular formula is C23H24BrOP. The van der Waals surface area contributed by atoms with Crippen LogP contribution in [0.3, 0.4) is 0 Å². The Bertz CT molecular complexity index is 805. The van der Waals surface area contributed by atoms with Crippen LogP contribution in [0.4, 0.5) is 0 Å². The van der Waals surface area contributed by atoms with Crippen molar-refractivity contribution in [1.29, 1.82) is 0 Å². The third-order valence-electron chi connectivity index (χ3n) is 5.44. The van der Waals surface area contributed by atoms with Gasteiger partial charge in [0.25, 0.3) is 0 Å². The average Bonchev–Trinajstić information content (AvgIpc) is 3.24. The molecule has 0 radical (unpaired) electrons. The first-order valence-corrected chi connectivity index (χ1v) is 12.1. The SMILES string of the molecule is Brc1ccccc1O[PH](c1ccccc1)(c1ccccc1)C1CCCC1. The fraction of sp³-hybridized carbons (Fsp3) is 0.217. The zero-order valence-corrected chi connectivity index (χ0v) is 17.4. The predicted molar refractivity (Wildman–Crippen MR) is 117 cm³/mol. The maximum absolute atomic E-state index is 7.08. The first kappa shape index (κ1) is 17.8. The second kappa shape index (κ2) is 7.94.